The minimum absolute atomic E-state index is 0.347. The number of imide groups is 1. The third-order valence-electron chi connectivity index (χ3n) is 5.17. The van der Waals surface area contributed by atoms with Crippen LogP contribution in [0.15, 0.2) is 42.5 Å². The lowest BCUT2D eigenvalue weighted by atomic mass is 9.91. The second-order valence-corrected chi connectivity index (χ2v) is 7.76. The van der Waals surface area contributed by atoms with Crippen molar-refractivity contribution in [2.45, 2.75) is 26.3 Å². The van der Waals surface area contributed by atoms with Crippen LogP contribution < -0.4 is 15.5 Å². The van der Waals surface area contributed by atoms with E-state index in [-0.39, 0.29) is 6.54 Å². The third kappa shape index (κ3) is 3.94. The first kappa shape index (κ1) is 20.4. The number of nitrogens with one attached hydrogen (secondary N) is 2. The molecule has 0 bridgehead atoms. The van der Waals surface area contributed by atoms with E-state index in [2.05, 4.69) is 10.6 Å². The molecule has 2 aromatic carbocycles. The maximum atomic E-state index is 12.9. The predicted molar refractivity (Wildman–Crippen MR) is 113 cm³/mol. The molecule has 1 fully saturated rings. The maximum Gasteiger partial charge on any atom is 0.325 e. The van der Waals surface area contributed by atoms with Crippen LogP contribution in [-0.2, 0) is 15.1 Å². The smallest absolute Gasteiger partial charge is 0.325 e. The van der Waals surface area contributed by atoms with Crippen LogP contribution in [0.5, 0.6) is 0 Å². The Morgan fingerprint density at radius 1 is 1.10 bits per heavy atom. The van der Waals surface area contributed by atoms with Crippen LogP contribution in [-0.4, -0.2) is 43.4 Å². The summed E-state index contributed by atoms with van der Waals surface area (Å²) >= 11 is 0. The molecule has 0 aromatic heterocycles. The summed E-state index contributed by atoms with van der Waals surface area (Å²) < 4.78 is 0. The van der Waals surface area contributed by atoms with Gasteiger partial charge in [-0.3, -0.25) is 14.5 Å². The molecule has 1 unspecified atom stereocenters. The van der Waals surface area contributed by atoms with Crippen LogP contribution in [0.1, 0.15) is 23.6 Å². The largest absolute Gasteiger partial charge is 0.377 e. The molecule has 0 spiro atoms. The first-order valence-corrected chi connectivity index (χ1v) is 9.41. The lowest BCUT2D eigenvalue weighted by Crippen LogP contribution is -2.42. The Labute approximate surface area is 170 Å². The van der Waals surface area contributed by atoms with E-state index in [1.54, 1.807) is 13.0 Å². The standard InChI is InChI=1S/C22H26N4O3/c1-14-6-8-16(9-7-14)22(3)20(28)26(21(29)24-22)13-19(27)23-17-10-11-18(25(4)5)15(2)12-17/h6-12H,13H2,1-5H3,(H,23,27)(H,24,29). The van der Waals surface area contributed by atoms with Gasteiger partial charge in [0.15, 0.2) is 0 Å². The number of hydrogen-bond donors (Lipinski definition) is 2. The second-order valence-electron chi connectivity index (χ2n) is 7.76. The van der Waals surface area contributed by atoms with Crippen molar-refractivity contribution in [1.82, 2.24) is 10.2 Å². The van der Waals surface area contributed by atoms with Crippen molar-refractivity contribution >= 4 is 29.2 Å². The molecule has 1 aliphatic rings. The van der Waals surface area contributed by atoms with E-state index >= 15 is 0 Å². The Bertz CT molecular complexity index is 969. The molecule has 1 saturated heterocycles. The van der Waals surface area contributed by atoms with Crippen molar-refractivity contribution < 1.29 is 14.4 Å². The lowest BCUT2D eigenvalue weighted by molar-refractivity contribution is -0.133. The van der Waals surface area contributed by atoms with Crippen molar-refractivity contribution in [1.29, 1.82) is 0 Å². The zero-order valence-corrected chi connectivity index (χ0v) is 17.4. The Balaban J connectivity index is 1.72. The topological polar surface area (TPSA) is 81.8 Å². The van der Waals surface area contributed by atoms with Gasteiger partial charge in [0, 0.05) is 25.5 Å². The molecular formula is C22H26N4O3. The summed E-state index contributed by atoms with van der Waals surface area (Å²) in [5.74, 6) is -0.876. The molecule has 0 radical (unpaired) electrons. The number of carbonyl (C=O) groups excluding carboxylic acids is 3. The number of anilines is 2. The highest BCUT2D eigenvalue weighted by molar-refractivity contribution is 6.10. The maximum absolute atomic E-state index is 12.9. The number of urea groups is 1. The lowest BCUT2D eigenvalue weighted by Gasteiger charge is -2.22. The fraction of sp³-hybridized carbons (Fsp3) is 0.318. The van der Waals surface area contributed by atoms with Gasteiger partial charge in [0.05, 0.1) is 0 Å². The molecule has 1 atom stereocenters. The molecule has 7 nitrogen and oxygen atoms in total. The number of carbonyl (C=O) groups is 3. The molecule has 3 rings (SSSR count). The highest BCUT2D eigenvalue weighted by atomic mass is 16.2. The fourth-order valence-corrected chi connectivity index (χ4v) is 3.50. The average Bonchev–Trinajstić information content (AvgIpc) is 2.86. The summed E-state index contributed by atoms with van der Waals surface area (Å²) in [5, 5.41) is 5.48. The van der Waals surface area contributed by atoms with Crippen molar-refractivity contribution in [3.8, 4) is 0 Å². The monoisotopic (exact) mass is 394 g/mol. The van der Waals surface area contributed by atoms with Gasteiger partial charge in [0.1, 0.15) is 12.1 Å². The van der Waals surface area contributed by atoms with Gasteiger partial charge in [-0.15, -0.1) is 0 Å². The number of rotatable bonds is 5. The second kappa shape index (κ2) is 7.58. The van der Waals surface area contributed by atoms with E-state index in [4.69, 9.17) is 0 Å². The Kier molecular flexibility index (Phi) is 5.33. The molecular weight excluding hydrogens is 368 g/mol. The molecule has 0 aliphatic carbocycles. The number of benzene rings is 2. The summed E-state index contributed by atoms with van der Waals surface area (Å²) in [4.78, 5) is 40.8. The van der Waals surface area contributed by atoms with E-state index < -0.39 is 23.4 Å². The minimum Gasteiger partial charge on any atom is -0.377 e. The van der Waals surface area contributed by atoms with Crippen LogP contribution in [0, 0.1) is 13.8 Å². The molecule has 0 saturated carbocycles. The summed E-state index contributed by atoms with van der Waals surface area (Å²) in [5.41, 5.74) is 3.22. The van der Waals surface area contributed by atoms with Gasteiger partial charge < -0.3 is 15.5 Å². The molecule has 4 amide bonds. The van der Waals surface area contributed by atoms with Crippen molar-refractivity contribution in [2.24, 2.45) is 0 Å². The summed E-state index contributed by atoms with van der Waals surface area (Å²) in [6.45, 7) is 5.21. The van der Waals surface area contributed by atoms with E-state index in [0.29, 0.717) is 11.3 Å². The number of amides is 4. The highest BCUT2D eigenvalue weighted by Gasteiger charge is 2.49. The van der Waals surface area contributed by atoms with Gasteiger partial charge in [-0.05, 0) is 50.1 Å². The van der Waals surface area contributed by atoms with Crippen LogP contribution in [0.4, 0.5) is 16.2 Å². The number of nitrogens with zero attached hydrogens (tertiary/aromatic N) is 2. The third-order valence-corrected chi connectivity index (χ3v) is 5.17. The van der Waals surface area contributed by atoms with Gasteiger partial charge in [-0.25, -0.2) is 4.79 Å². The summed E-state index contributed by atoms with van der Waals surface area (Å²) in [6.07, 6.45) is 0. The molecule has 29 heavy (non-hydrogen) atoms. The van der Waals surface area contributed by atoms with E-state index in [1.165, 1.54) is 0 Å². The van der Waals surface area contributed by atoms with Crippen molar-refractivity contribution in [3.63, 3.8) is 0 Å². The fourth-order valence-electron chi connectivity index (χ4n) is 3.50. The zero-order chi connectivity index (χ0) is 21.3. The molecule has 2 N–H and O–H groups in total. The average molecular weight is 394 g/mol. The van der Waals surface area contributed by atoms with Gasteiger partial charge in [-0.2, -0.15) is 0 Å². The van der Waals surface area contributed by atoms with Gasteiger partial charge in [-0.1, -0.05) is 29.8 Å². The Morgan fingerprint density at radius 2 is 1.76 bits per heavy atom. The molecule has 1 aliphatic heterocycles. The van der Waals surface area contributed by atoms with E-state index in [0.717, 1.165) is 21.7 Å². The minimum atomic E-state index is -1.19. The quantitative estimate of drug-likeness (QED) is 0.764. The van der Waals surface area contributed by atoms with Gasteiger partial charge >= 0.3 is 6.03 Å². The van der Waals surface area contributed by atoms with Crippen molar-refractivity contribution in [2.75, 3.05) is 30.9 Å². The van der Waals surface area contributed by atoms with Crippen LogP contribution >= 0.6 is 0 Å². The summed E-state index contributed by atoms with van der Waals surface area (Å²) in [6, 6.07) is 12.4. The van der Waals surface area contributed by atoms with Crippen LogP contribution in [0.25, 0.3) is 0 Å². The SMILES string of the molecule is Cc1ccc(C2(C)NC(=O)N(CC(=O)Nc3ccc(N(C)C)c(C)c3)C2=O)cc1. The first-order chi connectivity index (χ1) is 13.6. The number of hydrogen-bond acceptors (Lipinski definition) is 4. The molecule has 7 heteroatoms. The van der Waals surface area contributed by atoms with Crippen molar-refractivity contribution in [3.05, 3.63) is 59.2 Å². The first-order valence-electron chi connectivity index (χ1n) is 9.41. The Hall–Kier alpha value is -3.35. The van der Waals surface area contributed by atoms with Crippen LogP contribution in [0.3, 0.4) is 0 Å². The van der Waals surface area contributed by atoms with Gasteiger partial charge in [0.25, 0.3) is 5.91 Å². The van der Waals surface area contributed by atoms with Crippen LogP contribution in [0.2, 0.25) is 0 Å². The van der Waals surface area contributed by atoms with E-state index in [1.807, 2.05) is 69.2 Å². The zero-order valence-electron chi connectivity index (χ0n) is 17.4. The Morgan fingerprint density at radius 3 is 2.34 bits per heavy atom. The highest BCUT2D eigenvalue weighted by Crippen LogP contribution is 2.29. The normalized spacial score (nSPS) is 18.6. The van der Waals surface area contributed by atoms with Gasteiger partial charge in [0.2, 0.25) is 5.91 Å². The molecule has 2 aromatic rings. The van der Waals surface area contributed by atoms with E-state index in [9.17, 15) is 14.4 Å². The predicted octanol–water partition coefficient (Wildman–Crippen LogP) is 2.78. The summed E-state index contributed by atoms with van der Waals surface area (Å²) in [7, 11) is 3.90. The number of aryl methyl sites for hydroxylation is 2. The molecule has 152 valence electrons. The molecule has 1 heterocycles.